The fraction of sp³-hybridized carbons (Fsp3) is 0.592. The molecule has 6 nitrogen and oxygen atoms in total. The van der Waals surface area contributed by atoms with Crippen molar-refractivity contribution in [3.8, 4) is 0 Å². The second-order valence-electron chi connectivity index (χ2n) is 19.8. The van der Waals surface area contributed by atoms with Crippen molar-refractivity contribution in [2.75, 3.05) is 13.2 Å². The summed E-state index contributed by atoms with van der Waals surface area (Å²) in [4.78, 5) is 38.3. The van der Waals surface area contributed by atoms with E-state index in [4.69, 9.17) is 14.2 Å². The highest BCUT2D eigenvalue weighted by Crippen LogP contribution is 2.13. The van der Waals surface area contributed by atoms with Crippen molar-refractivity contribution >= 4 is 17.9 Å². The summed E-state index contributed by atoms with van der Waals surface area (Å²) in [5.74, 6) is -1.04. The van der Waals surface area contributed by atoms with Gasteiger partial charge in [-0.3, -0.25) is 14.4 Å². The lowest BCUT2D eigenvalue weighted by Crippen LogP contribution is -2.30. The van der Waals surface area contributed by atoms with E-state index in [1.165, 1.54) is 77.0 Å². The van der Waals surface area contributed by atoms with E-state index in [2.05, 4.69) is 167 Å². The molecule has 0 heterocycles. The van der Waals surface area contributed by atoms with Crippen LogP contribution in [0, 0.1) is 0 Å². The van der Waals surface area contributed by atoms with Crippen molar-refractivity contribution in [2.45, 2.75) is 258 Å². The molecule has 77 heavy (non-hydrogen) atoms. The molecule has 6 heteroatoms. The molecule has 0 aromatic carbocycles. The topological polar surface area (TPSA) is 78.9 Å². The lowest BCUT2D eigenvalue weighted by molar-refractivity contribution is -0.166. The van der Waals surface area contributed by atoms with Gasteiger partial charge in [-0.25, -0.2) is 0 Å². The first-order valence-corrected chi connectivity index (χ1v) is 31.0. The fourth-order valence-electron chi connectivity index (χ4n) is 7.94. The lowest BCUT2D eigenvalue weighted by atomic mass is 10.1. The Kier molecular flexibility index (Phi) is 59.5. The molecular weight excluding hydrogens is 949 g/mol. The highest BCUT2D eigenvalue weighted by atomic mass is 16.6. The van der Waals surface area contributed by atoms with Crippen LogP contribution in [0.25, 0.3) is 0 Å². The molecule has 0 aliphatic carbocycles. The molecule has 0 saturated heterocycles. The fourth-order valence-corrected chi connectivity index (χ4v) is 7.94. The predicted molar refractivity (Wildman–Crippen MR) is 334 cm³/mol. The molecule has 0 saturated carbocycles. The maximum atomic E-state index is 12.9. The second-order valence-corrected chi connectivity index (χ2v) is 19.8. The van der Waals surface area contributed by atoms with Gasteiger partial charge in [-0.1, -0.05) is 256 Å². The summed E-state index contributed by atoms with van der Waals surface area (Å²) in [7, 11) is 0. The van der Waals surface area contributed by atoms with E-state index in [1.54, 1.807) is 0 Å². The molecule has 432 valence electrons. The van der Waals surface area contributed by atoms with Gasteiger partial charge in [-0.05, 0) is 135 Å². The number of rotatable bonds is 54. The average Bonchev–Trinajstić information content (AvgIpc) is 3.43. The highest BCUT2D eigenvalue weighted by molar-refractivity contribution is 5.71. The van der Waals surface area contributed by atoms with Gasteiger partial charge >= 0.3 is 17.9 Å². The Morgan fingerprint density at radius 2 is 0.532 bits per heavy atom. The second kappa shape index (κ2) is 63.6. The van der Waals surface area contributed by atoms with Crippen LogP contribution in [0.5, 0.6) is 0 Å². The molecular formula is C71H112O6. The molecule has 0 rings (SSSR count). The van der Waals surface area contributed by atoms with Gasteiger partial charge in [0.1, 0.15) is 13.2 Å². The summed E-state index contributed by atoms with van der Waals surface area (Å²) in [5, 5.41) is 0. The minimum absolute atomic E-state index is 0.125. The zero-order valence-electron chi connectivity index (χ0n) is 49.4. The van der Waals surface area contributed by atoms with Crippen molar-refractivity contribution in [2.24, 2.45) is 0 Å². The van der Waals surface area contributed by atoms with Crippen LogP contribution in [0.2, 0.25) is 0 Å². The third kappa shape index (κ3) is 61.8. The van der Waals surface area contributed by atoms with Gasteiger partial charge in [0.05, 0.1) is 0 Å². The van der Waals surface area contributed by atoms with Crippen LogP contribution in [0.1, 0.15) is 252 Å². The number of allylic oxidation sites excluding steroid dienone is 26. The van der Waals surface area contributed by atoms with Crippen molar-refractivity contribution in [1.82, 2.24) is 0 Å². The maximum Gasteiger partial charge on any atom is 0.306 e. The quantitative estimate of drug-likeness (QED) is 0.0261. The highest BCUT2D eigenvalue weighted by Gasteiger charge is 2.19. The van der Waals surface area contributed by atoms with E-state index in [-0.39, 0.29) is 31.6 Å². The van der Waals surface area contributed by atoms with Crippen LogP contribution in [-0.2, 0) is 28.6 Å². The minimum atomic E-state index is -0.840. The van der Waals surface area contributed by atoms with Crippen molar-refractivity contribution in [3.05, 3.63) is 158 Å². The van der Waals surface area contributed by atoms with Gasteiger partial charge in [-0.15, -0.1) is 0 Å². The average molecular weight is 1060 g/mol. The zero-order valence-corrected chi connectivity index (χ0v) is 49.4. The monoisotopic (exact) mass is 1060 g/mol. The molecule has 0 aliphatic heterocycles. The number of ether oxygens (including phenoxy) is 3. The van der Waals surface area contributed by atoms with E-state index < -0.39 is 12.1 Å². The molecule has 1 atom stereocenters. The first-order chi connectivity index (χ1) is 38.0. The third-order valence-corrected chi connectivity index (χ3v) is 12.5. The number of carbonyl (C=O) groups excluding carboxylic acids is 3. The number of carbonyl (C=O) groups is 3. The molecule has 0 fully saturated rings. The Bertz CT molecular complexity index is 1740. The van der Waals surface area contributed by atoms with E-state index in [1.807, 2.05) is 12.2 Å². The molecule has 0 aromatic rings. The number of hydrogen-bond acceptors (Lipinski definition) is 6. The maximum absolute atomic E-state index is 12.9. The molecule has 0 aliphatic rings. The van der Waals surface area contributed by atoms with Crippen LogP contribution in [0.3, 0.4) is 0 Å². The summed E-state index contributed by atoms with van der Waals surface area (Å²) in [5.41, 5.74) is 0. The number of hydrogen-bond donors (Lipinski definition) is 0. The first-order valence-electron chi connectivity index (χ1n) is 31.0. The predicted octanol–water partition coefficient (Wildman–Crippen LogP) is 21.3. The molecule has 0 spiro atoms. The van der Waals surface area contributed by atoms with E-state index in [9.17, 15) is 14.4 Å². The summed E-state index contributed by atoms with van der Waals surface area (Å²) in [6.07, 6.45) is 92.5. The zero-order chi connectivity index (χ0) is 55.7. The van der Waals surface area contributed by atoms with Gasteiger partial charge in [-0.2, -0.15) is 0 Å². The Morgan fingerprint density at radius 1 is 0.273 bits per heavy atom. The lowest BCUT2D eigenvalue weighted by Gasteiger charge is -2.18. The Labute approximate surface area is 473 Å². The van der Waals surface area contributed by atoms with Crippen LogP contribution in [-0.4, -0.2) is 37.2 Å². The van der Waals surface area contributed by atoms with Crippen LogP contribution < -0.4 is 0 Å². The molecule has 0 bridgehead atoms. The van der Waals surface area contributed by atoms with Crippen molar-refractivity contribution < 1.29 is 28.6 Å². The minimum Gasteiger partial charge on any atom is -0.462 e. The molecule has 0 amide bonds. The Morgan fingerprint density at radius 3 is 0.857 bits per heavy atom. The molecule has 0 N–H and O–H groups in total. The van der Waals surface area contributed by atoms with E-state index >= 15 is 0 Å². The van der Waals surface area contributed by atoms with E-state index in [0.717, 1.165) is 128 Å². The molecule has 1 unspecified atom stereocenters. The number of esters is 3. The third-order valence-electron chi connectivity index (χ3n) is 12.5. The van der Waals surface area contributed by atoms with Gasteiger partial charge < -0.3 is 14.2 Å². The Balaban J connectivity index is 4.58. The van der Waals surface area contributed by atoms with Crippen molar-refractivity contribution in [3.63, 3.8) is 0 Å². The van der Waals surface area contributed by atoms with Crippen LogP contribution in [0.15, 0.2) is 158 Å². The van der Waals surface area contributed by atoms with E-state index in [0.29, 0.717) is 19.3 Å². The summed E-state index contributed by atoms with van der Waals surface area (Å²) >= 11 is 0. The molecule has 0 radical (unpaired) electrons. The summed E-state index contributed by atoms with van der Waals surface area (Å²) in [6.45, 7) is 6.32. The standard InChI is InChI=1S/C71H112O6/c1-4-7-10-13-16-19-22-25-28-31-33-34-35-36-38-40-43-46-49-52-55-58-61-64-70(73)76-67-68(66-75-69(72)63-60-57-54-51-48-45-42-39-30-27-24-21-18-15-12-9-6-3)77-71(74)65-62-59-56-53-50-47-44-41-37-32-29-26-23-20-17-14-11-8-5-2/h7-8,10-11,16-17,19-20,25-30,33-34,36-38,41,43,46-47,50,56,59,68H,4-6,9,12-15,18,21-24,31-32,35,39-40,42,44-45,48-49,51-55,57-58,60-67H2,1-3H3/b10-7-,11-8-,19-16-,20-17-,28-25-,29-26-,30-27-,34-33-,38-36-,41-37-,46-43-,50-47-,59-56-. The van der Waals surface area contributed by atoms with Gasteiger partial charge in [0.2, 0.25) is 0 Å². The van der Waals surface area contributed by atoms with Gasteiger partial charge in [0.15, 0.2) is 6.10 Å². The smallest absolute Gasteiger partial charge is 0.306 e. The molecule has 0 aromatic heterocycles. The summed E-state index contributed by atoms with van der Waals surface area (Å²) in [6, 6.07) is 0. The van der Waals surface area contributed by atoms with Gasteiger partial charge in [0, 0.05) is 19.3 Å². The van der Waals surface area contributed by atoms with Crippen LogP contribution in [0.4, 0.5) is 0 Å². The van der Waals surface area contributed by atoms with Crippen molar-refractivity contribution in [1.29, 1.82) is 0 Å². The summed E-state index contributed by atoms with van der Waals surface area (Å²) < 4.78 is 16.8. The first kappa shape index (κ1) is 72.0. The normalized spacial score (nSPS) is 13.2. The largest absolute Gasteiger partial charge is 0.462 e. The Hall–Kier alpha value is -4.97. The van der Waals surface area contributed by atoms with Gasteiger partial charge in [0.25, 0.3) is 0 Å². The van der Waals surface area contributed by atoms with Crippen LogP contribution >= 0.6 is 0 Å². The number of unbranched alkanes of at least 4 members (excludes halogenated alkanes) is 17. The SMILES string of the molecule is CC/C=C\C/C=C\C/C=C\C/C=C\C/C=C\C/C=C\CCCCCCC(=O)OCC(COC(=O)CCCCCCCCC/C=C\CCCCCCCC)OC(=O)CC/C=C\C/C=C\C/C=C\C/C=C\C/C=C\C/C=C\CC.